The van der Waals surface area contributed by atoms with Gasteiger partial charge in [0.05, 0.1) is 0 Å². The van der Waals surface area contributed by atoms with E-state index >= 15 is 0 Å². The second-order valence-electron chi connectivity index (χ2n) is 4.29. The van der Waals surface area contributed by atoms with Gasteiger partial charge in [0.15, 0.2) is 0 Å². The molecule has 82 valence electrons. The Balaban J connectivity index is 2.33. The first-order chi connectivity index (χ1) is 7.25. The lowest BCUT2D eigenvalue weighted by molar-refractivity contribution is 0.336. The van der Waals surface area contributed by atoms with Crippen LogP contribution in [0.1, 0.15) is 33.1 Å². The van der Waals surface area contributed by atoms with Crippen molar-refractivity contribution in [1.29, 1.82) is 0 Å². The normalized spacial score (nSPS) is 31.8. The van der Waals surface area contributed by atoms with Gasteiger partial charge in [-0.1, -0.05) is 18.2 Å². The van der Waals surface area contributed by atoms with E-state index < -0.39 is 0 Å². The summed E-state index contributed by atoms with van der Waals surface area (Å²) < 4.78 is 0. The lowest BCUT2D eigenvalue weighted by Gasteiger charge is -2.24. The van der Waals surface area contributed by atoms with Crippen molar-refractivity contribution < 1.29 is 0 Å². The molecule has 0 radical (unpaired) electrons. The number of allylic oxidation sites excluding steroid dienone is 5. The van der Waals surface area contributed by atoms with E-state index in [2.05, 4.69) is 42.5 Å². The maximum atomic E-state index is 3.27. The van der Waals surface area contributed by atoms with Crippen LogP contribution in [0.25, 0.3) is 0 Å². The van der Waals surface area contributed by atoms with E-state index in [1.54, 1.807) is 0 Å². The zero-order valence-electron chi connectivity index (χ0n) is 9.88. The van der Waals surface area contributed by atoms with Crippen molar-refractivity contribution in [2.75, 3.05) is 7.05 Å². The van der Waals surface area contributed by atoms with Gasteiger partial charge in [0.1, 0.15) is 0 Å². The van der Waals surface area contributed by atoms with E-state index in [4.69, 9.17) is 0 Å². The molecule has 0 aromatic carbocycles. The number of nitrogens with one attached hydrogen (secondary N) is 1. The molecule has 0 bridgehead atoms. The Morgan fingerprint density at radius 1 is 1.33 bits per heavy atom. The fourth-order valence-electron chi connectivity index (χ4n) is 2.56. The smallest absolute Gasteiger partial charge is 0.0383 e. The van der Waals surface area contributed by atoms with Crippen LogP contribution in [0.15, 0.2) is 35.2 Å². The van der Waals surface area contributed by atoms with Crippen LogP contribution in [0.2, 0.25) is 0 Å². The monoisotopic (exact) mass is 204 g/mol. The van der Waals surface area contributed by atoms with Crippen LogP contribution in [0.5, 0.6) is 0 Å². The van der Waals surface area contributed by atoms with Gasteiger partial charge in [-0.15, -0.1) is 0 Å². The number of hydrogen-bond acceptors (Lipinski definition) is 2. The molecule has 1 aliphatic carbocycles. The molecular weight excluding hydrogens is 184 g/mol. The SMILES string of the molecule is CNN1C(C)=C(C)C2CC/C=C\C/C=C\21. The minimum Gasteiger partial charge on any atom is -0.285 e. The van der Waals surface area contributed by atoms with Crippen molar-refractivity contribution in [3.05, 3.63) is 35.2 Å². The summed E-state index contributed by atoms with van der Waals surface area (Å²) in [6.45, 7) is 4.46. The number of fused-ring (bicyclic) bond motifs is 1. The van der Waals surface area contributed by atoms with Gasteiger partial charge in [-0.3, -0.25) is 5.01 Å². The number of rotatable bonds is 1. The highest BCUT2D eigenvalue weighted by atomic mass is 15.5. The predicted molar refractivity (Wildman–Crippen MR) is 63.8 cm³/mol. The minimum absolute atomic E-state index is 0.627. The summed E-state index contributed by atoms with van der Waals surface area (Å²) >= 11 is 0. The maximum Gasteiger partial charge on any atom is 0.0383 e. The summed E-state index contributed by atoms with van der Waals surface area (Å²) in [5.74, 6) is 0.627. The van der Waals surface area contributed by atoms with Gasteiger partial charge >= 0.3 is 0 Å². The summed E-state index contributed by atoms with van der Waals surface area (Å²) in [4.78, 5) is 0. The summed E-state index contributed by atoms with van der Waals surface area (Å²) in [6.07, 6.45) is 10.4. The summed E-state index contributed by atoms with van der Waals surface area (Å²) in [7, 11) is 1.99. The highest BCUT2D eigenvalue weighted by molar-refractivity contribution is 5.33. The molecule has 2 rings (SSSR count). The molecule has 0 amide bonds. The van der Waals surface area contributed by atoms with Crippen molar-refractivity contribution in [3.8, 4) is 0 Å². The van der Waals surface area contributed by atoms with Gasteiger partial charge in [0.25, 0.3) is 0 Å². The quantitative estimate of drug-likeness (QED) is 0.661. The number of nitrogens with zero attached hydrogens (tertiary/aromatic N) is 1. The van der Waals surface area contributed by atoms with E-state index in [1.807, 2.05) is 7.05 Å². The lowest BCUT2D eigenvalue weighted by atomic mass is 9.92. The van der Waals surface area contributed by atoms with Gasteiger partial charge in [-0.05, 0) is 38.7 Å². The van der Waals surface area contributed by atoms with Gasteiger partial charge < -0.3 is 0 Å². The molecule has 0 spiro atoms. The molecule has 0 saturated heterocycles. The van der Waals surface area contributed by atoms with E-state index in [0.29, 0.717) is 5.92 Å². The molecule has 0 aromatic rings. The predicted octanol–water partition coefficient (Wildman–Crippen LogP) is 2.97. The molecule has 1 unspecified atom stereocenters. The third kappa shape index (κ3) is 1.74. The standard InChI is InChI=1S/C13H20N2/c1-10-11(2)15(14-3)13-9-7-5-4-6-8-12(10)13/h4-5,9,12,14H,6-8H2,1-3H3/b5-4-,13-9+. The third-order valence-electron chi connectivity index (χ3n) is 3.52. The highest BCUT2D eigenvalue weighted by Crippen LogP contribution is 2.38. The van der Waals surface area contributed by atoms with Gasteiger partial charge in [0, 0.05) is 24.4 Å². The van der Waals surface area contributed by atoms with Crippen LogP contribution in [-0.2, 0) is 0 Å². The highest BCUT2D eigenvalue weighted by Gasteiger charge is 2.30. The fraction of sp³-hybridized carbons (Fsp3) is 0.538. The molecule has 1 N–H and O–H groups in total. The summed E-state index contributed by atoms with van der Waals surface area (Å²) in [5.41, 5.74) is 7.61. The van der Waals surface area contributed by atoms with Crippen LogP contribution in [0.3, 0.4) is 0 Å². The summed E-state index contributed by atoms with van der Waals surface area (Å²) in [6, 6.07) is 0. The second-order valence-corrected chi connectivity index (χ2v) is 4.29. The maximum absolute atomic E-state index is 3.27. The van der Waals surface area contributed by atoms with Crippen LogP contribution in [0, 0.1) is 5.92 Å². The second kappa shape index (κ2) is 4.23. The molecule has 2 nitrogen and oxygen atoms in total. The van der Waals surface area contributed by atoms with Crippen LogP contribution < -0.4 is 5.43 Å². The first-order valence-electron chi connectivity index (χ1n) is 5.75. The van der Waals surface area contributed by atoms with Gasteiger partial charge in [-0.25, -0.2) is 5.43 Å². The van der Waals surface area contributed by atoms with Crippen LogP contribution in [-0.4, -0.2) is 12.1 Å². The third-order valence-corrected chi connectivity index (χ3v) is 3.52. The topological polar surface area (TPSA) is 15.3 Å². The zero-order valence-corrected chi connectivity index (χ0v) is 9.88. The largest absolute Gasteiger partial charge is 0.285 e. The molecular formula is C13H20N2. The summed E-state index contributed by atoms with van der Waals surface area (Å²) in [5, 5.41) is 2.24. The van der Waals surface area contributed by atoms with Crippen LogP contribution >= 0.6 is 0 Å². The Morgan fingerprint density at radius 3 is 2.87 bits per heavy atom. The van der Waals surface area contributed by atoms with Crippen molar-refractivity contribution in [2.45, 2.75) is 33.1 Å². The molecule has 0 saturated carbocycles. The Morgan fingerprint density at radius 2 is 2.13 bits per heavy atom. The zero-order chi connectivity index (χ0) is 10.8. The first-order valence-corrected chi connectivity index (χ1v) is 5.75. The molecule has 1 atom stereocenters. The number of hydrogen-bond donors (Lipinski definition) is 1. The van der Waals surface area contributed by atoms with E-state index in [-0.39, 0.29) is 0 Å². The number of hydrazine groups is 1. The van der Waals surface area contributed by atoms with E-state index in [9.17, 15) is 0 Å². The Bertz CT molecular complexity index is 336. The average Bonchev–Trinajstić information content (AvgIpc) is 2.40. The molecule has 1 aliphatic heterocycles. The van der Waals surface area contributed by atoms with Crippen molar-refractivity contribution >= 4 is 0 Å². The molecule has 15 heavy (non-hydrogen) atoms. The lowest BCUT2D eigenvalue weighted by Crippen LogP contribution is -2.31. The van der Waals surface area contributed by atoms with Gasteiger partial charge in [-0.2, -0.15) is 0 Å². The van der Waals surface area contributed by atoms with E-state index in [0.717, 1.165) is 6.42 Å². The molecule has 2 aliphatic rings. The van der Waals surface area contributed by atoms with E-state index in [1.165, 1.54) is 29.8 Å². The van der Waals surface area contributed by atoms with Crippen LogP contribution in [0.4, 0.5) is 0 Å². The fourth-order valence-corrected chi connectivity index (χ4v) is 2.56. The Hall–Kier alpha value is -1.02. The van der Waals surface area contributed by atoms with Crippen molar-refractivity contribution in [1.82, 2.24) is 10.4 Å². The van der Waals surface area contributed by atoms with Crippen molar-refractivity contribution in [3.63, 3.8) is 0 Å². The molecule has 1 heterocycles. The first kappa shape index (κ1) is 10.5. The minimum atomic E-state index is 0.627. The molecule has 0 fully saturated rings. The van der Waals surface area contributed by atoms with Gasteiger partial charge in [0.2, 0.25) is 0 Å². The molecule has 0 aromatic heterocycles. The average molecular weight is 204 g/mol. The Labute approximate surface area is 92.3 Å². The Kier molecular flexibility index (Phi) is 2.96. The molecule has 2 heteroatoms. The van der Waals surface area contributed by atoms with Crippen molar-refractivity contribution in [2.24, 2.45) is 5.92 Å².